The molecule has 27 heavy (non-hydrogen) atoms. The third-order valence-corrected chi connectivity index (χ3v) is 3.79. The molecular formula is C18H13FN6O2. The minimum Gasteiger partial charge on any atom is -0.453 e. The summed E-state index contributed by atoms with van der Waals surface area (Å²) in [4.78, 5) is 24.8. The van der Waals surface area contributed by atoms with Crippen LogP contribution in [0.2, 0.25) is 0 Å². The maximum absolute atomic E-state index is 13.0. The molecule has 0 fully saturated rings. The van der Waals surface area contributed by atoms with E-state index in [0.717, 1.165) is 6.20 Å². The van der Waals surface area contributed by atoms with E-state index < -0.39 is 5.82 Å². The standard InChI is InChI=1S/C18H13FN6O2/c1-11-20-7-15(8-21-11)27-14-5-16(18-24-23-10-25(18)9-14)17(26)4-13-3-2-12(19)6-22-13/h2-3,5-10H,4H2,1H3. The fraction of sp³-hybridized carbons (Fsp3) is 0.111. The molecule has 9 heteroatoms. The van der Waals surface area contributed by atoms with Gasteiger partial charge in [-0.3, -0.25) is 14.2 Å². The minimum atomic E-state index is -0.457. The highest BCUT2D eigenvalue weighted by atomic mass is 19.1. The van der Waals surface area contributed by atoms with Crippen LogP contribution in [-0.4, -0.2) is 35.3 Å². The summed E-state index contributed by atoms with van der Waals surface area (Å²) in [6, 6.07) is 4.31. The zero-order chi connectivity index (χ0) is 18.8. The van der Waals surface area contributed by atoms with Crippen molar-refractivity contribution >= 4 is 11.4 Å². The molecule has 0 N–H and O–H groups in total. The van der Waals surface area contributed by atoms with Gasteiger partial charge in [0.2, 0.25) is 0 Å². The molecule has 0 radical (unpaired) electrons. The number of carbonyl (C=O) groups excluding carboxylic acids is 1. The number of rotatable bonds is 5. The predicted octanol–water partition coefficient (Wildman–Crippen LogP) is 2.58. The molecule has 0 unspecified atom stereocenters. The van der Waals surface area contributed by atoms with E-state index in [9.17, 15) is 9.18 Å². The summed E-state index contributed by atoms with van der Waals surface area (Å²) in [6.45, 7) is 1.77. The zero-order valence-electron chi connectivity index (χ0n) is 14.2. The highest BCUT2D eigenvalue weighted by Crippen LogP contribution is 2.24. The third-order valence-electron chi connectivity index (χ3n) is 3.79. The Labute approximate surface area is 152 Å². The van der Waals surface area contributed by atoms with E-state index in [1.54, 1.807) is 36.0 Å². The Balaban J connectivity index is 1.66. The van der Waals surface area contributed by atoms with Crippen molar-refractivity contribution in [3.63, 3.8) is 0 Å². The summed E-state index contributed by atoms with van der Waals surface area (Å²) in [6.07, 6.45) is 7.29. The van der Waals surface area contributed by atoms with Gasteiger partial charge < -0.3 is 4.74 Å². The fourth-order valence-electron chi connectivity index (χ4n) is 2.51. The number of hydrogen-bond donors (Lipinski definition) is 0. The molecule has 0 aliphatic carbocycles. The Morgan fingerprint density at radius 3 is 2.70 bits per heavy atom. The molecule has 134 valence electrons. The summed E-state index contributed by atoms with van der Waals surface area (Å²) >= 11 is 0. The van der Waals surface area contributed by atoms with Gasteiger partial charge in [-0.2, -0.15) is 0 Å². The topological polar surface area (TPSA) is 95.2 Å². The van der Waals surface area contributed by atoms with Gasteiger partial charge in [0.25, 0.3) is 0 Å². The third kappa shape index (κ3) is 3.61. The second-order valence-electron chi connectivity index (χ2n) is 5.79. The smallest absolute Gasteiger partial charge is 0.172 e. The quantitative estimate of drug-likeness (QED) is 0.502. The summed E-state index contributed by atoms with van der Waals surface area (Å²) in [5.41, 5.74) is 1.18. The summed E-state index contributed by atoms with van der Waals surface area (Å²) in [5, 5.41) is 7.82. The first-order valence-electron chi connectivity index (χ1n) is 8.02. The van der Waals surface area contributed by atoms with Gasteiger partial charge in [-0.15, -0.1) is 10.2 Å². The first-order valence-corrected chi connectivity index (χ1v) is 8.02. The van der Waals surface area contributed by atoms with Crippen LogP contribution in [0, 0.1) is 12.7 Å². The summed E-state index contributed by atoms with van der Waals surface area (Å²) in [5.74, 6) is 0.774. The van der Waals surface area contributed by atoms with Gasteiger partial charge in [0.1, 0.15) is 23.7 Å². The number of pyridine rings is 2. The van der Waals surface area contributed by atoms with Crippen LogP contribution in [0.4, 0.5) is 4.39 Å². The molecule has 4 aromatic rings. The van der Waals surface area contributed by atoms with Gasteiger partial charge in [0, 0.05) is 5.69 Å². The average molecular weight is 364 g/mol. The van der Waals surface area contributed by atoms with Crippen LogP contribution in [-0.2, 0) is 6.42 Å². The predicted molar refractivity (Wildman–Crippen MR) is 92.1 cm³/mol. The van der Waals surface area contributed by atoms with E-state index in [4.69, 9.17) is 4.74 Å². The maximum atomic E-state index is 13.0. The van der Waals surface area contributed by atoms with Crippen LogP contribution in [0.25, 0.3) is 5.65 Å². The lowest BCUT2D eigenvalue weighted by atomic mass is 10.1. The van der Waals surface area contributed by atoms with Crippen molar-refractivity contribution in [2.24, 2.45) is 0 Å². The van der Waals surface area contributed by atoms with Gasteiger partial charge in [-0.05, 0) is 25.1 Å². The minimum absolute atomic E-state index is 0.000103. The van der Waals surface area contributed by atoms with E-state index >= 15 is 0 Å². The van der Waals surface area contributed by atoms with Crippen molar-refractivity contribution in [3.05, 3.63) is 72.2 Å². The van der Waals surface area contributed by atoms with Crippen LogP contribution in [0.3, 0.4) is 0 Å². The van der Waals surface area contributed by atoms with Crippen LogP contribution in [0.15, 0.2) is 49.3 Å². The molecule has 0 aromatic carbocycles. The van der Waals surface area contributed by atoms with Gasteiger partial charge >= 0.3 is 0 Å². The van der Waals surface area contributed by atoms with Crippen molar-refractivity contribution in [2.75, 3.05) is 0 Å². The lowest BCUT2D eigenvalue weighted by molar-refractivity contribution is 0.0992. The molecule has 0 spiro atoms. The normalized spacial score (nSPS) is 10.9. The van der Waals surface area contributed by atoms with Crippen molar-refractivity contribution < 1.29 is 13.9 Å². The molecule has 0 saturated heterocycles. The lowest BCUT2D eigenvalue weighted by Gasteiger charge is -2.09. The van der Waals surface area contributed by atoms with Gasteiger partial charge in [0.05, 0.1) is 36.8 Å². The first-order chi connectivity index (χ1) is 13.1. The molecule has 0 atom stereocenters. The van der Waals surface area contributed by atoms with E-state index in [1.807, 2.05) is 0 Å². The van der Waals surface area contributed by atoms with E-state index in [1.165, 1.54) is 18.5 Å². The molecule has 4 rings (SSSR count). The molecule has 0 bridgehead atoms. The van der Waals surface area contributed by atoms with Crippen molar-refractivity contribution in [3.8, 4) is 11.5 Å². The Morgan fingerprint density at radius 1 is 1.15 bits per heavy atom. The largest absolute Gasteiger partial charge is 0.453 e. The maximum Gasteiger partial charge on any atom is 0.172 e. The molecule has 8 nitrogen and oxygen atoms in total. The number of aromatic nitrogens is 6. The Bertz CT molecular complexity index is 1110. The highest BCUT2D eigenvalue weighted by Gasteiger charge is 2.16. The zero-order valence-corrected chi connectivity index (χ0v) is 14.2. The Morgan fingerprint density at radius 2 is 1.96 bits per heavy atom. The number of carbonyl (C=O) groups is 1. The van der Waals surface area contributed by atoms with E-state index in [0.29, 0.717) is 34.2 Å². The van der Waals surface area contributed by atoms with Gasteiger partial charge in [-0.25, -0.2) is 14.4 Å². The van der Waals surface area contributed by atoms with Crippen molar-refractivity contribution in [1.82, 2.24) is 29.5 Å². The number of ether oxygens (including phenoxy) is 1. The Kier molecular flexibility index (Phi) is 4.25. The molecule has 0 amide bonds. The summed E-state index contributed by atoms with van der Waals surface area (Å²) in [7, 11) is 0. The number of fused-ring (bicyclic) bond motifs is 1. The van der Waals surface area contributed by atoms with Gasteiger partial charge in [0.15, 0.2) is 17.2 Å². The second-order valence-corrected chi connectivity index (χ2v) is 5.79. The van der Waals surface area contributed by atoms with Crippen LogP contribution < -0.4 is 4.74 Å². The average Bonchev–Trinajstić information content (AvgIpc) is 3.13. The molecule has 4 aromatic heterocycles. The molecule has 4 heterocycles. The number of Topliss-reactive ketones (excluding diaryl/α,β-unsaturated/α-hetero) is 1. The van der Waals surface area contributed by atoms with Crippen LogP contribution >= 0.6 is 0 Å². The van der Waals surface area contributed by atoms with Gasteiger partial charge in [-0.1, -0.05) is 0 Å². The first kappa shape index (κ1) is 16.7. The molecule has 0 aliphatic heterocycles. The van der Waals surface area contributed by atoms with Crippen molar-refractivity contribution in [1.29, 1.82) is 0 Å². The van der Waals surface area contributed by atoms with Crippen LogP contribution in [0.5, 0.6) is 11.5 Å². The summed E-state index contributed by atoms with van der Waals surface area (Å²) < 4.78 is 20.3. The Hall–Kier alpha value is -3.75. The number of hydrogen-bond acceptors (Lipinski definition) is 7. The highest BCUT2D eigenvalue weighted by molar-refractivity contribution is 6.02. The van der Waals surface area contributed by atoms with Crippen LogP contribution in [0.1, 0.15) is 21.9 Å². The van der Waals surface area contributed by atoms with E-state index in [-0.39, 0.29) is 12.2 Å². The molecule has 0 saturated carbocycles. The number of nitrogens with zero attached hydrogens (tertiary/aromatic N) is 6. The molecule has 0 aliphatic rings. The lowest BCUT2D eigenvalue weighted by Crippen LogP contribution is -2.08. The number of ketones is 1. The monoisotopic (exact) mass is 364 g/mol. The van der Waals surface area contributed by atoms with Crippen molar-refractivity contribution in [2.45, 2.75) is 13.3 Å². The number of halogens is 1. The second kappa shape index (κ2) is 6.87. The molecular weight excluding hydrogens is 351 g/mol. The SMILES string of the molecule is Cc1ncc(Oc2cc(C(=O)Cc3ccc(F)cn3)c3nncn3c2)cn1. The fourth-order valence-corrected chi connectivity index (χ4v) is 2.51. The number of aryl methyl sites for hydroxylation is 1. The van der Waals surface area contributed by atoms with E-state index in [2.05, 4.69) is 25.1 Å².